The minimum Gasteiger partial charge on any atom is -0.434 e. The number of anilines is 3. The highest BCUT2D eigenvalue weighted by Gasteiger charge is 2.24. The van der Waals surface area contributed by atoms with Gasteiger partial charge in [-0.1, -0.05) is 103 Å². The van der Waals surface area contributed by atoms with E-state index in [1.165, 1.54) is 27.2 Å². The molecule has 0 saturated carbocycles. The molecule has 7 aromatic carbocycles. The van der Waals surface area contributed by atoms with E-state index in [1.807, 2.05) is 36.4 Å². The molecule has 0 fully saturated rings. The van der Waals surface area contributed by atoms with Crippen LogP contribution < -0.4 is 4.90 Å². The number of para-hydroxylation sites is 4. The third kappa shape index (κ3) is 4.04. The maximum Gasteiger partial charge on any atom is 0.227 e. The van der Waals surface area contributed by atoms with E-state index in [1.54, 1.807) is 0 Å². The number of oxazole rings is 1. The number of benzene rings is 7. The Bertz CT molecular complexity index is 2480. The summed E-state index contributed by atoms with van der Waals surface area (Å²) in [5.74, 6) is 0.609. The average Bonchev–Trinajstić information content (AvgIpc) is 3.70. The zero-order valence-corrected chi connectivity index (χ0v) is 24.3. The third-order valence-electron chi connectivity index (χ3n) is 8.58. The molecule has 0 aliphatic carbocycles. The molecule has 0 aliphatic heterocycles. The first-order chi connectivity index (χ1) is 22.3. The summed E-state index contributed by atoms with van der Waals surface area (Å²) in [4.78, 5) is 7.22. The Morgan fingerprint density at radius 1 is 0.511 bits per heavy atom. The van der Waals surface area contributed by atoms with Gasteiger partial charge in [0.25, 0.3) is 0 Å². The van der Waals surface area contributed by atoms with Gasteiger partial charge in [0.05, 0.1) is 22.4 Å². The summed E-state index contributed by atoms with van der Waals surface area (Å²) in [6, 6.07) is 57.2. The molecule has 0 radical (unpaired) electrons. The van der Waals surface area contributed by atoms with Crippen LogP contribution in [-0.2, 0) is 0 Å². The zero-order valence-electron chi connectivity index (χ0n) is 24.3. The maximum atomic E-state index is 6.58. The second-order valence-electron chi connectivity index (χ2n) is 11.2. The Morgan fingerprint density at radius 2 is 1.16 bits per heavy atom. The second kappa shape index (κ2) is 10.2. The SMILES string of the molecule is c1ccc(-c2nc3cccc(N(c4ccccc4)c4cc5c6ccccc6n(-c6ccccc6)c5c5ccccc45)c3o2)cc1. The summed E-state index contributed by atoms with van der Waals surface area (Å²) in [7, 11) is 0. The topological polar surface area (TPSA) is 34.2 Å². The fourth-order valence-corrected chi connectivity index (χ4v) is 6.63. The predicted molar refractivity (Wildman–Crippen MR) is 186 cm³/mol. The van der Waals surface area contributed by atoms with Crippen molar-refractivity contribution in [3.8, 4) is 17.1 Å². The van der Waals surface area contributed by atoms with Crippen LogP contribution in [0.4, 0.5) is 17.1 Å². The van der Waals surface area contributed by atoms with E-state index in [2.05, 4.69) is 137 Å². The number of nitrogens with zero attached hydrogens (tertiary/aromatic N) is 3. The van der Waals surface area contributed by atoms with E-state index in [0.29, 0.717) is 5.89 Å². The minimum absolute atomic E-state index is 0.609. The van der Waals surface area contributed by atoms with Crippen molar-refractivity contribution in [3.05, 3.63) is 164 Å². The molecule has 2 aromatic heterocycles. The predicted octanol–water partition coefficient (Wildman–Crippen LogP) is 11.2. The first-order valence-corrected chi connectivity index (χ1v) is 15.2. The van der Waals surface area contributed by atoms with Crippen molar-refractivity contribution < 1.29 is 4.42 Å². The van der Waals surface area contributed by atoms with Gasteiger partial charge in [0, 0.05) is 38.5 Å². The molecule has 0 N–H and O–H groups in total. The van der Waals surface area contributed by atoms with Gasteiger partial charge in [-0.2, -0.15) is 0 Å². The molecule has 0 aliphatic rings. The highest BCUT2D eigenvalue weighted by Crippen LogP contribution is 2.47. The Labute approximate surface area is 260 Å². The molecule has 212 valence electrons. The van der Waals surface area contributed by atoms with Gasteiger partial charge in [-0.05, 0) is 60.7 Å². The second-order valence-corrected chi connectivity index (χ2v) is 11.2. The lowest BCUT2D eigenvalue weighted by Crippen LogP contribution is -2.11. The number of hydrogen-bond acceptors (Lipinski definition) is 3. The monoisotopic (exact) mass is 577 g/mol. The minimum atomic E-state index is 0.609. The van der Waals surface area contributed by atoms with Gasteiger partial charge in [0.2, 0.25) is 5.89 Å². The molecule has 9 rings (SSSR count). The lowest BCUT2D eigenvalue weighted by atomic mass is 10.0. The fraction of sp³-hybridized carbons (Fsp3) is 0. The molecule has 45 heavy (non-hydrogen) atoms. The highest BCUT2D eigenvalue weighted by molar-refractivity contribution is 6.22. The zero-order chi connectivity index (χ0) is 29.7. The van der Waals surface area contributed by atoms with Gasteiger partial charge in [0.15, 0.2) is 5.58 Å². The van der Waals surface area contributed by atoms with E-state index in [4.69, 9.17) is 9.40 Å². The average molecular weight is 578 g/mol. The molecule has 0 saturated heterocycles. The van der Waals surface area contributed by atoms with Crippen molar-refractivity contribution in [1.29, 1.82) is 0 Å². The lowest BCUT2D eigenvalue weighted by Gasteiger charge is -2.27. The smallest absolute Gasteiger partial charge is 0.227 e. The molecule has 0 spiro atoms. The Balaban J connectivity index is 1.39. The summed E-state index contributed by atoms with van der Waals surface area (Å²) in [6.07, 6.45) is 0. The molecule has 0 amide bonds. The van der Waals surface area contributed by atoms with Crippen molar-refractivity contribution in [2.45, 2.75) is 0 Å². The number of fused-ring (bicyclic) bond motifs is 6. The van der Waals surface area contributed by atoms with Crippen molar-refractivity contribution >= 4 is 60.7 Å². The molecule has 2 heterocycles. The summed E-state index contributed by atoms with van der Waals surface area (Å²) in [5.41, 5.74) is 9.08. The summed E-state index contributed by atoms with van der Waals surface area (Å²) < 4.78 is 8.98. The standard InChI is InChI=1S/C41H27N3O/c1-4-15-28(16-5-1)41-42-35-24-14-26-37(40(35)45-41)43(29-17-6-2-7-18-29)38-27-34-32-22-12-13-25-36(32)44(30-19-8-3-9-20-30)39(34)33-23-11-10-21-31(33)38/h1-27H. The summed E-state index contributed by atoms with van der Waals surface area (Å²) in [6.45, 7) is 0. The normalized spacial score (nSPS) is 11.6. The van der Waals surface area contributed by atoms with E-state index in [0.717, 1.165) is 44.8 Å². The third-order valence-corrected chi connectivity index (χ3v) is 8.58. The van der Waals surface area contributed by atoms with E-state index in [9.17, 15) is 0 Å². The van der Waals surface area contributed by atoms with Crippen LogP contribution in [0.3, 0.4) is 0 Å². The van der Waals surface area contributed by atoms with Crippen molar-refractivity contribution in [3.63, 3.8) is 0 Å². The first-order valence-electron chi connectivity index (χ1n) is 15.2. The molecule has 0 unspecified atom stereocenters. The highest BCUT2D eigenvalue weighted by atomic mass is 16.3. The molecular weight excluding hydrogens is 550 g/mol. The molecule has 0 atom stereocenters. The van der Waals surface area contributed by atoms with Crippen LogP contribution in [0.5, 0.6) is 0 Å². The lowest BCUT2D eigenvalue weighted by molar-refractivity contribution is 0.620. The molecule has 4 nitrogen and oxygen atoms in total. The molecule has 4 heteroatoms. The maximum absolute atomic E-state index is 6.58. The van der Waals surface area contributed by atoms with E-state index in [-0.39, 0.29) is 0 Å². The van der Waals surface area contributed by atoms with Gasteiger partial charge in [-0.25, -0.2) is 4.98 Å². The quantitative estimate of drug-likeness (QED) is 0.204. The van der Waals surface area contributed by atoms with Crippen molar-refractivity contribution in [2.24, 2.45) is 0 Å². The Kier molecular flexibility index (Phi) is 5.78. The van der Waals surface area contributed by atoms with Crippen LogP contribution in [0.15, 0.2) is 168 Å². The molecule has 0 bridgehead atoms. The van der Waals surface area contributed by atoms with Gasteiger partial charge >= 0.3 is 0 Å². The van der Waals surface area contributed by atoms with Crippen LogP contribution in [-0.4, -0.2) is 9.55 Å². The number of hydrogen-bond donors (Lipinski definition) is 0. The van der Waals surface area contributed by atoms with Gasteiger partial charge in [-0.15, -0.1) is 0 Å². The molecular formula is C41H27N3O. The number of aromatic nitrogens is 2. The van der Waals surface area contributed by atoms with Crippen LogP contribution in [0.25, 0.3) is 60.8 Å². The van der Waals surface area contributed by atoms with Gasteiger partial charge < -0.3 is 13.9 Å². The fourth-order valence-electron chi connectivity index (χ4n) is 6.63. The van der Waals surface area contributed by atoms with Crippen molar-refractivity contribution in [1.82, 2.24) is 9.55 Å². The Hall–Kier alpha value is -6.13. The first kappa shape index (κ1) is 25.4. The van der Waals surface area contributed by atoms with Crippen LogP contribution in [0, 0.1) is 0 Å². The number of rotatable bonds is 5. The van der Waals surface area contributed by atoms with E-state index < -0.39 is 0 Å². The van der Waals surface area contributed by atoms with Crippen LogP contribution >= 0.6 is 0 Å². The van der Waals surface area contributed by atoms with Crippen LogP contribution in [0.1, 0.15) is 0 Å². The van der Waals surface area contributed by atoms with Gasteiger partial charge in [-0.3, -0.25) is 0 Å². The van der Waals surface area contributed by atoms with Crippen LogP contribution in [0.2, 0.25) is 0 Å². The summed E-state index contributed by atoms with van der Waals surface area (Å²) in [5, 5.41) is 4.73. The Morgan fingerprint density at radius 3 is 1.93 bits per heavy atom. The summed E-state index contributed by atoms with van der Waals surface area (Å²) >= 11 is 0. The van der Waals surface area contributed by atoms with Gasteiger partial charge in [0.1, 0.15) is 5.52 Å². The molecule has 9 aromatic rings. The largest absolute Gasteiger partial charge is 0.434 e. The van der Waals surface area contributed by atoms with E-state index >= 15 is 0 Å². The van der Waals surface area contributed by atoms with Crippen molar-refractivity contribution in [2.75, 3.05) is 4.90 Å².